The predicted octanol–water partition coefficient (Wildman–Crippen LogP) is 4.42. The summed E-state index contributed by atoms with van der Waals surface area (Å²) in [5.74, 6) is 10.8. The van der Waals surface area contributed by atoms with Gasteiger partial charge in [-0.3, -0.25) is 4.90 Å². The van der Waals surface area contributed by atoms with Gasteiger partial charge in [0.05, 0.1) is 38.7 Å². The fraction of sp³-hybridized carbons (Fsp3) is 0.436. The highest BCUT2D eigenvalue weighted by Crippen LogP contribution is 2.32. The van der Waals surface area contributed by atoms with E-state index >= 15 is 0 Å². The van der Waals surface area contributed by atoms with Gasteiger partial charge in [0.2, 0.25) is 11.9 Å². The SMILES string of the molecule is CNc1cc(C)nc(Nc2ccc(OC)c(C#CC(c3cc(NC)nc(Nc4ccc(OC)c(OC[C@@H](O)CN5CCCC5)c4)n3)N3CCOCC3)c2)n1. The Kier molecular flexibility index (Phi) is 13.2. The fourth-order valence-electron chi connectivity index (χ4n) is 6.39. The Morgan fingerprint density at radius 2 is 1.44 bits per heavy atom. The van der Waals surface area contributed by atoms with Crippen LogP contribution in [0.15, 0.2) is 48.5 Å². The van der Waals surface area contributed by atoms with Gasteiger partial charge >= 0.3 is 0 Å². The van der Waals surface area contributed by atoms with Gasteiger partial charge in [0.1, 0.15) is 36.1 Å². The summed E-state index contributed by atoms with van der Waals surface area (Å²) in [5.41, 5.74) is 3.71. The summed E-state index contributed by atoms with van der Waals surface area (Å²) in [6, 6.07) is 14.6. The van der Waals surface area contributed by atoms with Gasteiger partial charge in [-0.15, -0.1) is 0 Å². The zero-order valence-electron chi connectivity index (χ0n) is 31.6. The number of hydrogen-bond donors (Lipinski definition) is 5. The van der Waals surface area contributed by atoms with Crippen LogP contribution in [-0.2, 0) is 4.74 Å². The maximum absolute atomic E-state index is 10.6. The zero-order valence-corrected chi connectivity index (χ0v) is 31.6. The van der Waals surface area contributed by atoms with Crippen LogP contribution < -0.4 is 35.5 Å². The summed E-state index contributed by atoms with van der Waals surface area (Å²) in [4.78, 5) is 23.2. The van der Waals surface area contributed by atoms with Gasteiger partial charge in [0.25, 0.3) is 0 Å². The van der Waals surface area contributed by atoms with Crippen molar-refractivity contribution in [1.82, 2.24) is 29.7 Å². The number of ether oxygens (including phenoxy) is 4. The smallest absolute Gasteiger partial charge is 0.229 e. The molecule has 4 heterocycles. The Balaban J connectivity index is 1.27. The van der Waals surface area contributed by atoms with Crippen molar-refractivity contribution < 1.29 is 24.1 Å². The topological polar surface area (TPSA) is 163 Å². The van der Waals surface area contributed by atoms with Crippen LogP contribution in [0.1, 0.15) is 35.8 Å². The first-order valence-corrected chi connectivity index (χ1v) is 18.2. The molecule has 5 N–H and O–H groups in total. The number of hydrogen-bond acceptors (Lipinski definition) is 15. The minimum absolute atomic E-state index is 0.146. The van der Waals surface area contributed by atoms with E-state index in [1.54, 1.807) is 14.2 Å². The summed E-state index contributed by atoms with van der Waals surface area (Å²) in [5, 5.41) is 23.5. The maximum Gasteiger partial charge on any atom is 0.229 e. The third-order valence-electron chi connectivity index (χ3n) is 9.12. The number of likely N-dealkylation sites (tertiary alicyclic amines) is 1. The monoisotopic (exact) mass is 738 g/mol. The maximum atomic E-state index is 10.6. The van der Waals surface area contributed by atoms with Crippen molar-refractivity contribution in [2.45, 2.75) is 31.9 Å². The molecule has 0 spiro atoms. The summed E-state index contributed by atoms with van der Waals surface area (Å²) in [6.45, 7) is 7.19. The minimum atomic E-state index is -0.617. The number of aromatic nitrogens is 4. The number of morpholine rings is 1. The molecule has 54 heavy (non-hydrogen) atoms. The van der Waals surface area contributed by atoms with Crippen molar-refractivity contribution in [3.05, 3.63) is 65.5 Å². The van der Waals surface area contributed by atoms with Crippen LogP contribution in [0, 0.1) is 18.8 Å². The summed E-state index contributed by atoms with van der Waals surface area (Å²) < 4.78 is 23.0. The quantitative estimate of drug-likeness (QED) is 0.109. The summed E-state index contributed by atoms with van der Waals surface area (Å²) in [6.07, 6.45) is 1.71. The second kappa shape index (κ2) is 18.6. The molecule has 2 aliphatic rings. The van der Waals surface area contributed by atoms with Crippen LogP contribution in [0.3, 0.4) is 0 Å². The Hall–Kier alpha value is -5.40. The molecule has 1 unspecified atom stereocenters. The molecular weight excluding hydrogens is 688 g/mol. The average Bonchev–Trinajstić information content (AvgIpc) is 3.70. The molecule has 2 aromatic heterocycles. The second-order valence-electron chi connectivity index (χ2n) is 13.0. The Bertz CT molecular complexity index is 1920. The molecule has 2 atom stereocenters. The molecule has 6 rings (SSSR count). The number of aryl methyl sites for hydroxylation is 1. The van der Waals surface area contributed by atoms with Crippen LogP contribution in [0.25, 0.3) is 0 Å². The van der Waals surface area contributed by atoms with Crippen molar-refractivity contribution in [2.75, 3.05) is 102 Å². The first-order valence-electron chi connectivity index (χ1n) is 18.2. The third kappa shape index (κ3) is 10.2. The lowest BCUT2D eigenvalue weighted by Gasteiger charge is -2.31. The molecule has 4 aromatic rings. The lowest BCUT2D eigenvalue weighted by Crippen LogP contribution is -2.39. The summed E-state index contributed by atoms with van der Waals surface area (Å²) in [7, 11) is 6.86. The molecule has 2 saturated heterocycles. The number of nitrogens with zero attached hydrogens (tertiary/aromatic N) is 6. The average molecular weight is 739 g/mol. The van der Waals surface area contributed by atoms with Crippen LogP contribution in [0.4, 0.5) is 34.9 Å². The van der Waals surface area contributed by atoms with E-state index in [0.29, 0.717) is 84.8 Å². The van der Waals surface area contributed by atoms with E-state index in [1.165, 1.54) is 0 Å². The Morgan fingerprint density at radius 3 is 2.13 bits per heavy atom. The van der Waals surface area contributed by atoms with Gasteiger partial charge in [-0.05, 0) is 63.2 Å². The standard InChI is InChI=1S/C39H50N10O5/c1-26-20-36(40-2)46-38(42-26)43-28-9-12-33(51-4)27(21-28)8-11-32(49-16-18-53-19-17-49)31-23-37(41-3)47-39(45-31)44-29-10-13-34(52-5)35(22-29)54-25-30(50)24-48-14-6-7-15-48/h9-10,12-13,20-23,30,32,50H,6-7,14-19,24-25H2,1-5H3,(H2,40,42,43,46)(H2,41,44,45,47)/t30-,32?/m0/s1. The molecule has 2 fully saturated rings. The second-order valence-corrected chi connectivity index (χ2v) is 13.0. The Morgan fingerprint density at radius 1 is 0.796 bits per heavy atom. The number of β-amino-alcohol motifs (C(OH)–C–C–N with tert-alkyl or cyclic N) is 1. The van der Waals surface area contributed by atoms with Crippen LogP contribution in [-0.4, -0.2) is 122 Å². The number of benzene rings is 2. The van der Waals surface area contributed by atoms with Crippen molar-refractivity contribution in [3.63, 3.8) is 0 Å². The van der Waals surface area contributed by atoms with E-state index in [2.05, 4.69) is 52.9 Å². The van der Waals surface area contributed by atoms with E-state index in [0.717, 1.165) is 43.1 Å². The van der Waals surface area contributed by atoms with Gasteiger partial charge in [0, 0.05) is 69.0 Å². The van der Waals surface area contributed by atoms with Crippen LogP contribution in [0.2, 0.25) is 0 Å². The lowest BCUT2D eigenvalue weighted by molar-refractivity contribution is 0.0263. The minimum Gasteiger partial charge on any atom is -0.495 e. The third-order valence-corrected chi connectivity index (χ3v) is 9.12. The van der Waals surface area contributed by atoms with Crippen molar-refractivity contribution in [3.8, 4) is 29.1 Å². The normalized spacial score (nSPS) is 15.7. The lowest BCUT2D eigenvalue weighted by atomic mass is 10.1. The highest BCUT2D eigenvalue weighted by atomic mass is 16.5. The molecule has 0 bridgehead atoms. The molecule has 0 amide bonds. The number of aliphatic hydroxyl groups is 1. The van der Waals surface area contributed by atoms with Gasteiger partial charge in [-0.1, -0.05) is 11.8 Å². The first-order chi connectivity index (χ1) is 26.3. The highest BCUT2D eigenvalue weighted by Gasteiger charge is 2.24. The number of methoxy groups -OCH3 is 2. The van der Waals surface area contributed by atoms with E-state index in [1.807, 2.05) is 69.6 Å². The fourth-order valence-corrected chi connectivity index (χ4v) is 6.39. The summed E-state index contributed by atoms with van der Waals surface area (Å²) >= 11 is 0. The zero-order chi connectivity index (χ0) is 37.9. The van der Waals surface area contributed by atoms with Gasteiger partial charge < -0.3 is 50.2 Å². The van der Waals surface area contributed by atoms with E-state index in [4.69, 9.17) is 28.9 Å². The molecule has 0 aliphatic carbocycles. The molecule has 0 radical (unpaired) electrons. The predicted molar refractivity (Wildman–Crippen MR) is 210 cm³/mol. The molecule has 15 heteroatoms. The largest absolute Gasteiger partial charge is 0.495 e. The molecule has 0 saturated carbocycles. The van der Waals surface area contributed by atoms with Crippen LogP contribution >= 0.6 is 0 Å². The molecule has 2 aromatic carbocycles. The number of anilines is 6. The van der Waals surface area contributed by atoms with Gasteiger partial charge in [0.15, 0.2) is 11.5 Å². The molecule has 286 valence electrons. The van der Waals surface area contributed by atoms with E-state index in [9.17, 15) is 5.11 Å². The van der Waals surface area contributed by atoms with Crippen molar-refractivity contribution >= 4 is 34.9 Å². The number of rotatable bonds is 15. The highest BCUT2D eigenvalue weighted by molar-refractivity contribution is 5.63. The van der Waals surface area contributed by atoms with Crippen molar-refractivity contribution in [2.24, 2.45) is 0 Å². The Labute approximate surface area is 316 Å². The van der Waals surface area contributed by atoms with E-state index < -0.39 is 12.1 Å². The molecular formula is C39H50N10O5. The van der Waals surface area contributed by atoms with Gasteiger partial charge in [-0.25, -0.2) is 9.97 Å². The number of aliphatic hydroxyl groups excluding tert-OH is 1. The van der Waals surface area contributed by atoms with Gasteiger partial charge in [-0.2, -0.15) is 9.97 Å². The van der Waals surface area contributed by atoms with Crippen LogP contribution in [0.5, 0.6) is 17.2 Å². The van der Waals surface area contributed by atoms with Crippen molar-refractivity contribution in [1.29, 1.82) is 0 Å². The number of nitrogens with one attached hydrogen (secondary N) is 4. The first kappa shape index (κ1) is 38.3. The van der Waals surface area contributed by atoms with E-state index in [-0.39, 0.29) is 6.61 Å². The molecule has 15 nitrogen and oxygen atoms in total. The molecule has 2 aliphatic heterocycles.